The lowest BCUT2D eigenvalue weighted by Gasteiger charge is -2.24. The van der Waals surface area contributed by atoms with Crippen LogP contribution in [0.2, 0.25) is 0 Å². The van der Waals surface area contributed by atoms with Crippen LogP contribution in [-0.4, -0.2) is 16.8 Å². The molecule has 2 aromatic carbocycles. The number of nitro groups is 1. The van der Waals surface area contributed by atoms with Crippen molar-refractivity contribution in [2.45, 2.75) is 12.0 Å². The molecule has 0 saturated heterocycles. The first-order chi connectivity index (χ1) is 11.0. The molecule has 3 rings (SSSR count). The molecule has 0 aromatic heterocycles. The van der Waals surface area contributed by atoms with Crippen molar-refractivity contribution >= 4 is 17.6 Å². The van der Waals surface area contributed by atoms with E-state index in [4.69, 9.17) is 5.73 Å². The van der Waals surface area contributed by atoms with E-state index < -0.39 is 10.5 Å². The first-order valence-electron chi connectivity index (χ1n) is 6.97. The van der Waals surface area contributed by atoms with Crippen molar-refractivity contribution in [3.05, 3.63) is 75.8 Å². The molecule has 2 aromatic rings. The van der Waals surface area contributed by atoms with Gasteiger partial charge < -0.3 is 5.73 Å². The van der Waals surface area contributed by atoms with E-state index in [9.17, 15) is 14.9 Å². The zero-order valence-corrected chi connectivity index (χ0v) is 12.1. The second-order valence-corrected chi connectivity index (χ2v) is 5.28. The molecule has 1 unspecified atom stereocenters. The highest BCUT2D eigenvalue weighted by atomic mass is 16.6. The Morgan fingerprint density at radius 2 is 1.78 bits per heavy atom. The number of non-ortho nitro benzene ring substituents is 1. The predicted octanol–water partition coefficient (Wildman–Crippen LogP) is 1.48. The summed E-state index contributed by atoms with van der Waals surface area (Å²) in [4.78, 5) is 27.1. The molecular formula is C16H14N4O3. The topological polar surface area (TPSA) is 111 Å². The third-order valence-electron chi connectivity index (χ3n) is 3.79. The Bertz CT molecular complexity index is 787. The van der Waals surface area contributed by atoms with E-state index >= 15 is 0 Å². The molecular weight excluding hydrogens is 296 g/mol. The summed E-state index contributed by atoms with van der Waals surface area (Å²) >= 11 is 0. The first-order valence-corrected chi connectivity index (χ1v) is 6.97. The number of amides is 1. The summed E-state index contributed by atoms with van der Waals surface area (Å²) in [5.41, 5.74) is 5.91. The summed E-state index contributed by atoms with van der Waals surface area (Å²) in [6, 6.07) is 15.2. The third-order valence-corrected chi connectivity index (χ3v) is 3.79. The van der Waals surface area contributed by atoms with Crippen LogP contribution in [0.15, 0.2) is 59.6 Å². The highest BCUT2D eigenvalue weighted by Crippen LogP contribution is 2.34. The van der Waals surface area contributed by atoms with Crippen LogP contribution in [-0.2, 0) is 16.8 Å². The minimum atomic E-state index is -1.21. The normalized spacial score (nSPS) is 20.0. The van der Waals surface area contributed by atoms with Crippen molar-refractivity contribution in [3.63, 3.8) is 0 Å². The van der Waals surface area contributed by atoms with Gasteiger partial charge in [-0.15, -0.1) is 0 Å². The van der Waals surface area contributed by atoms with Crippen LogP contribution in [0.3, 0.4) is 0 Å². The molecule has 1 heterocycles. The molecule has 0 bridgehead atoms. The Morgan fingerprint density at radius 1 is 1.13 bits per heavy atom. The molecule has 0 radical (unpaired) electrons. The quantitative estimate of drug-likeness (QED) is 0.658. The SMILES string of the molecule is NC1=NC(Cc2ccccc2)(c2ccc([N+](=O)[O-])cc2)C(=O)N1. The van der Waals surface area contributed by atoms with E-state index in [-0.39, 0.29) is 17.6 Å². The molecule has 1 atom stereocenters. The number of carbonyl (C=O) groups excluding carboxylic acids is 1. The Balaban J connectivity index is 2.06. The molecule has 0 spiro atoms. The number of hydrogen-bond acceptors (Lipinski definition) is 5. The Hall–Kier alpha value is -3.22. The summed E-state index contributed by atoms with van der Waals surface area (Å²) in [7, 11) is 0. The number of hydrogen-bond donors (Lipinski definition) is 2. The summed E-state index contributed by atoms with van der Waals surface area (Å²) in [6.07, 6.45) is 0.318. The Kier molecular flexibility index (Phi) is 3.53. The minimum Gasteiger partial charge on any atom is -0.370 e. The van der Waals surface area contributed by atoms with Gasteiger partial charge >= 0.3 is 0 Å². The number of benzene rings is 2. The summed E-state index contributed by atoms with van der Waals surface area (Å²) < 4.78 is 0. The lowest BCUT2D eigenvalue weighted by Crippen LogP contribution is -2.40. The predicted molar refractivity (Wildman–Crippen MR) is 84.7 cm³/mol. The molecule has 3 N–H and O–H groups in total. The van der Waals surface area contributed by atoms with Gasteiger partial charge in [-0.05, 0) is 23.3 Å². The highest BCUT2D eigenvalue weighted by Gasteiger charge is 2.45. The number of nitrogens with two attached hydrogens (primary N) is 1. The van der Waals surface area contributed by atoms with Crippen molar-refractivity contribution in [2.75, 3.05) is 0 Å². The van der Waals surface area contributed by atoms with Gasteiger partial charge in [0.05, 0.1) is 4.92 Å². The van der Waals surface area contributed by atoms with Crippen molar-refractivity contribution in [1.82, 2.24) is 5.32 Å². The fourth-order valence-electron chi connectivity index (χ4n) is 2.67. The number of carbonyl (C=O) groups is 1. The highest BCUT2D eigenvalue weighted by molar-refractivity contribution is 6.07. The van der Waals surface area contributed by atoms with Crippen molar-refractivity contribution in [1.29, 1.82) is 0 Å². The standard InChI is InChI=1S/C16H14N4O3/c17-15-18-14(21)16(19-15,10-11-4-2-1-3-5-11)12-6-8-13(9-7-12)20(22)23/h1-9H,10H2,(H3,17,18,19,21). The summed E-state index contributed by atoms with van der Waals surface area (Å²) in [6.45, 7) is 0. The molecule has 0 aliphatic carbocycles. The maximum absolute atomic E-state index is 12.5. The first kappa shape index (κ1) is 14.7. The zero-order valence-electron chi connectivity index (χ0n) is 12.1. The van der Waals surface area contributed by atoms with Gasteiger partial charge in [0, 0.05) is 18.6 Å². The van der Waals surface area contributed by atoms with Gasteiger partial charge in [-0.2, -0.15) is 0 Å². The minimum absolute atomic E-state index is 0.0426. The van der Waals surface area contributed by atoms with E-state index in [0.29, 0.717) is 12.0 Å². The summed E-state index contributed by atoms with van der Waals surface area (Å²) in [5, 5.41) is 13.3. The average molecular weight is 310 g/mol. The van der Waals surface area contributed by atoms with Crippen LogP contribution >= 0.6 is 0 Å². The van der Waals surface area contributed by atoms with Crippen LogP contribution in [0, 0.1) is 10.1 Å². The largest absolute Gasteiger partial charge is 0.370 e. The lowest BCUT2D eigenvalue weighted by atomic mass is 9.84. The Morgan fingerprint density at radius 3 is 2.30 bits per heavy atom. The molecule has 7 heteroatoms. The molecule has 1 aliphatic heterocycles. The second-order valence-electron chi connectivity index (χ2n) is 5.28. The monoisotopic (exact) mass is 310 g/mol. The average Bonchev–Trinajstić information content (AvgIpc) is 2.83. The van der Waals surface area contributed by atoms with Gasteiger partial charge in [-0.1, -0.05) is 30.3 Å². The molecule has 23 heavy (non-hydrogen) atoms. The van der Waals surface area contributed by atoms with Crippen LogP contribution in [0.25, 0.3) is 0 Å². The molecule has 1 amide bonds. The smallest absolute Gasteiger partial charge is 0.269 e. The van der Waals surface area contributed by atoms with Gasteiger partial charge in [0.15, 0.2) is 11.5 Å². The fourth-order valence-corrected chi connectivity index (χ4v) is 2.67. The fraction of sp³-hybridized carbons (Fsp3) is 0.125. The van der Waals surface area contributed by atoms with E-state index in [1.165, 1.54) is 12.1 Å². The van der Waals surface area contributed by atoms with E-state index in [2.05, 4.69) is 10.3 Å². The van der Waals surface area contributed by atoms with Crippen molar-refractivity contribution in [3.8, 4) is 0 Å². The molecule has 116 valence electrons. The number of guanidine groups is 1. The maximum Gasteiger partial charge on any atom is 0.269 e. The molecule has 0 saturated carbocycles. The number of nitrogens with one attached hydrogen (secondary N) is 1. The van der Waals surface area contributed by atoms with Crippen LogP contribution < -0.4 is 11.1 Å². The van der Waals surface area contributed by atoms with Gasteiger partial charge in [-0.25, -0.2) is 4.99 Å². The van der Waals surface area contributed by atoms with Gasteiger partial charge in [0.25, 0.3) is 11.6 Å². The third kappa shape index (κ3) is 2.64. The molecule has 0 fully saturated rings. The number of nitro benzene ring substituents is 1. The van der Waals surface area contributed by atoms with E-state index in [1.54, 1.807) is 12.1 Å². The van der Waals surface area contributed by atoms with Gasteiger partial charge in [-0.3, -0.25) is 20.2 Å². The lowest BCUT2D eigenvalue weighted by molar-refractivity contribution is -0.384. The second kappa shape index (κ2) is 5.53. The van der Waals surface area contributed by atoms with Crippen LogP contribution in [0.5, 0.6) is 0 Å². The molecule has 1 aliphatic rings. The van der Waals surface area contributed by atoms with Crippen LogP contribution in [0.4, 0.5) is 5.69 Å². The summed E-state index contributed by atoms with van der Waals surface area (Å²) in [5.74, 6) is -0.294. The zero-order chi connectivity index (χ0) is 16.4. The maximum atomic E-state index is 12.5. The van der Waals surface area contributed by atoms with Crippen molar-refractivity contribution in [2.24, 2.45) is 10.7 Å². The van der Waals surface area contributed by atoms with Gasteiger partial charge in [0.2, 0.25) is 0 Å². The van der Waals surface area contributed by atoms with E-state index in [0.717, 1.165) is 5.56 Å². The van der Waals surface area contributed by atoms with Crippen LogP contribution in [0.1, 0.15) is 11.1 Å². The number of nitrogens with zero attached hydrogens (tertiary/aromatic N) is 2. The molecule has 7 nitrogen and oxygen atoms in total. The number of rotatable bonds is 4. The number of aliphatic imine (C=N–C) groups is 1. The van der Waals surface area contributed by atoms with Crippen molar-refractivity contribution < 1.29 is 9.72 Å². The van der Waals surface area contributed by atoms with E-state index in [1.807, 2.05) is 30.3 Å². The Labute approximate surface area is 132 Å². The van der Waals surface area contributed by atoms with Gasteiger partial charge in [0.1, 0.15) is 0 Å².